The molecule has 0 spiro atoms. The molecule has 0 radical (unpaired) electrons. The molecule has 0 saturated heterocycles. The minimum absolute atomic E-state index is 0.174. The first-order valence-corrected chi connectivity index (χ1v) is 6.84. The molecule has 1 aromatic heterocycles. The number of nitrogens with zero attached hydrogens (tertiary/aromatic N) is 2. The van der Waals surface area contributed by atoms with Crippen LogP contribution >= 0.6 is 11.6 Å². The van der Waals surface area contributed by atoms with Gasteiger partial charge >= 0.3 is 6.18 Å². The molecule has 0 aliphatic heterocycles. The Bertz CT molecular complexity index is 639. The number of aromatic nitrogens is 2. The molecule has 0 N–H and O–H groups in total. The highest BCUT2D eigenvalue weighted by Crippen LogP contribution is 2.30. The van der Waals surface area contributed by atoms with Gasteiger partial charge in [-0.2, -0.15) is 13.2 Å². The van der Waals surface area contributed by atoms with Gasteiger partial charge < -0.3 is 0 Å². The van der Waals surface area contributed by atoms with Crippen molar-refractivity contribution in [3.8, 4) is 11.3 Å². The summed E-state index contributed by atoms with van der Waals surface area (Å²) in [5, 5.41) is -0.221. The van der Waals surface area contributed by atoms with Crippen LogP contribution in [0.15, 0.2) is 30.3 Å². The molecule has 2 nitrogen and oxygen atoms in total. The molecule has 1 aromatic carbocycles. The summed E-state index contributed by atoms with van der Waals surface area (Å²) in [6, 6.07) is 8.63. The van der Waals surface area contributed by atoms with Gasteiger partial charge in [-0.15, -0.1) is 0 Å². The van der Waals surface area contributed by atoms with Crippen LogP contribution in [0.5, 0.6) is 0 Å². The quantitative estimate of drug-likeness (QED) is 0.744. The second-order valence-electron chi connectivity index (χ2n) is 5.20. The standard InChI is InChI=1S/C15H14ClF3N2/c1-9(2)6-10-4-3-5-11(7-10)12-8-13(16)21-14(20-12)15(17,18)19/h3-5,7-9H,6H2,1-2H3. The summed E-state index contributed by atoms with van der Waals surface area (Å²) in [6.07, 6.45) is -3.77. The normalized spacial score (nSPS) is 12.0. The van der Waals surface area contributed by atoms with Gasteiger partial charge in [0.2, 0.25) is 5.82 Å². The number of hydrogen-bond donors (Lipinski definition) is 0. The maximum Gasteiger partial charge on any atom is 0.451 e. The maximum atomic E-state index is 12.7. The van der Waals surface area contributed by atoms with Gasteiger partial charge in [-0.05, 0) is 24.0 Å². The predicted octanol–water partition coefficient (Wildman–Crippen LogP) is 5.01. The van der Waals surface area contributed by atoms with Crippen molar-refractivity contribution < 1.29 is 13.2 Å². The van der Waals surface area contributed by atoms with E-state index in [1.165, 1.54) is 6.07 Å². The monoisotopic (exact) mass is 314 g/mol. The van der Waals surface area contributed by atoms with Gasteiger partial charge in [0.1, 0.15) is 5.15 Å². The number of hydrogen-bond acceptors (Lipinski definition) is 2. The van der Waals surface area contributed by atoms with E-state index in [0.717, 1.165) is 12.0 Å². The van der Waals surface area contributed by atoms with Crippen molar-refractivity contribution >= 4 is 11.6 Å². The molecule has 0 aliphatic rings. The van der Waals surface area contributed by atoms with Crippen molar-refractivity contribution in [1.82, 2.24) is 9.97 Å². The van der Waals surface area contributed by atoms with Gasteiger partial charge in [0.05, 0.1) is 5.69 Å². The number of rotatable bonds is 3. The molecule has 0 bridgehead atoms. The fourth-order valence-electron chi connectivity index (χ4n) is 2.02. The molecule has 2 aromatic rings. The Labute approximate surface area is 126 Å². The molecule has 0 atom stereocenters. The molecular weight excluding hydrogens is 301 g/mol. The van der Waals surface area contributed by atoms with E-state index in [0.29, 0.717) is 11.5 Å². The molecule has 1 heterocycles. The van der Waals surface area contributed by atoms with Gasteiger partial charge in [-0.1, -0.05) is 43.6 Å². The molecule has 0 unspecified atom stereocenters. The predicted molar refractivity (Wildman–Crippen MR) is 76.0 cm³/mol. The third-order valence-corrected chi connectivity index (χ3v) is 3.01. The van der Waals surface area contributed by atoms with E-state index in [-0.39, 0.29) is 10.8 Å². The van der Waals surface area contributed by atoms with Crippen LogP contribution in [0.3, 0.4) is 0 Å². The molecule has 0 aliphatic carbocycles. The Hall–Kier alpha value is -1.62. The van der Waals surface area contributed by atoms with E-state index in [1.807, 2.05) is 12.1 Å². The number of halogens is 4. The van der Waals surface area contributed by atoms with Crippen LogP contribution in [-0.2, 0) is 12.6 Å². The largest absolute Gasteiger partial charge is 0.451 e. The van der Waals surface area contributed by atoms with E-state index >= 15 is 0 Å². The lowest BCUT2D eigenvalue weighted by Gasteiger charge is -2.10. The minimum atomic E-state index is -4.62. The number of benzene rings is 1. The van der Waals surface area contributed by atoms with Crippen LogP contribution < -0.4 is 0 Å². The highest BCUT2D eigenvalue weighted by molar-refractivity contribution is 6.29. The average Bonchev–Trinajstić information content (AvgIpc) is 2.36. The Kier molecular flexibility index (Phi) is 4.52. The van der Waals surface area contributed by atoms with Crippen LogP contribution in [-0.4, -0.2) is 9.97 Å². The first kappa shape index (κ1) is 15.8. The third-order valence-electron chi connectivity index (χ3n) is 2.82. The Morgan fingerprint density at radius 1 is 1.14 bits per heavy atom. The van der Waals surface area contributed by atoms with E-state index in [9.17, 15) is 13.2 Å². The van der Waals surface area contributed by atoms with E-state index in [2.05, 4.69) is 23.8 Å². The summed E-state index contributed by atoms with van der Waals surface area (Å²) in [7, 11) is 0. The first-order chi connectivity index (χ1) is 9.75. The fourth-order valence-corrected chi connectivity index (χ4v) is 2.20. The molecule has 0 amide bonds. The van der Waals surface area contributed by atoms with Crippen molar-refractivity contribution in [2.24, 2.45) is 5.92 Å². The Balaban J connectivity index is 2.44. The minimum Gasteiger partial charge on any atom is -0.224 e. The molecule has 2 rings (SSSR count). The van der Waals surface area contributed by atoms with Crippen LogP contribution in [0.2, 0.25) is 5.15 Å². The van der Waals surface area contributed by atoms with E-state index < -0.39 is 12.0 Å². The zero-order valence-electron chi connectivity index (χ0n) is 11.6. The summed E-state index contributed by atoms with van der Waals surface area (Å²) in [4.78, 5) is 6.81. The highest BCUT2D eigenvalue weighted by atomic mass is 35.5. The smallest absolute Gasteiger partial charge is 0.224 e. The average molecular weight is 315 g/mol. The van der Waals surface area contributed by atoms with Gasteiger partial charge in [-0.3, -0.25) is 0 Å². The van der Waals surface area contributed by atoms with Crippen LogP contribution in [0.4, 0.5) is 13.2 Å². The van der Waals surface area contributed by atoms with Crippen LogP contribution in [0.1, 0.15) is 25.2 Å². The fraction of sp³-hybridized carbons (Fsp3) is 0.333. The van der Waals surface area contributed by atoms with E-state index in [4.69, 9.17) is 11.6 Å². The van der Waals surface area contributed by atoms with Crippen molar-refractivity contribution in [1.29, 1.82) is 0 Å². The van der Waals surface area contributed by atoms with Gasteiger partial charge in [0.25, 0.3) is 0 Å². The summed E-state index contributed by atoms with van der Waals surface area (Å²) < 4.78 is 38.2. The first-order valence-electron chi connectivity index (χ1n) is 6.47. The lowest BCUT2D eigenvalue weighted by Crippen LogP contribution is -2.11. The topological polar surface area (TPSA) is 25.8 Å². The number of alkyl halides is 3. The summed E-state index contributed by atoms with van der Waals surface area (Å²) in [5.74, 6) is -0.765. The third kappa shape index (κ3) is 4.17. The van der Waals surface area contributed by atoms with Crippen molar-refractivity contribution in [2.45, 2.75) is 26.4 Å². The lowest BCUT2D eigenvalue weighted by atomic mass is 10.00. The summed E-state index contributed by atoms with van der Waals surface area (Å²) in [5.41, 5.74) is 1.82. The highest BCUT2D eigenvalue weighted by Gasteiger charge is 2.35. The molecule has 0 fully saturated rings. The molecule has 6 heteroatoms. The lowest BCUT2D eigenvalue weighted by molar-refractivity contribution is -0.144. The molecule has 21 heavy (non-hydrogen) atoms. The van der Waals surface area contributed by atoms with Crippen molar-refractivity contribution in [3.63, 3.8) is 0 Å². The second-order valence-corrected chi connectivity index (χ2v) is 5.58. The van der Waals surface area contributed by atoms with E-state index in [1.54, 1.807) is 12.1 Å². The van der Waals surface area contributed by atoms with Gasteiger partial charge in [0, 0.05) is 11.6 Å². The molecular formula is C15H14ClF3N2. The van der Waals surface area contributed by atoms with Crippen LogP contribution in [0.25, 0.3) is 11.3 Å². The summed E-state index contributed by atoms with van der Waals surface area (Å²) in [6.45, 7) is 4.16. The molecule has 0 saturated carbocycles. The second kappa shape index (κ2) is 6.02. The van der Waals surface area contributed by atoms with Crippen molar-refractivity contribution in [3.05, 3.63) is 46.9 Å². The van der Waals surface area contributed by atoms with Crippen molar-refractivity contribution in [2.75, 3.05) is 0 Å². The Morgan fingerprint density at radius 2 is 1.86 bits per heavy atom. The van der Waals surface area contributed by atoms with Gasteiger partial charge in [0.15, 0.2) is 0 Å². The zero-order chi connectivity index (χ0) is 15.6. The SMILES string of the molecule is CC(C)Cc1cccc(-c2cc(Cl)nc(C(F)(F)F)n2)c1. The zero-order valence-corrected chi connectivity index (χ0v) is 12.3. The Morgan fingerprint density at radius 3 is 2.48 bits per heavy atom. The van der Waals surface area contributed by atoms with Gasteiger partial charge in [-0.25, -0.2) is 9.97 Å². The summed E-state index contributed by atoms with van der Waals surface area (Å²) >= 11 is 5.68. The van der Waals surface area contributed by atoms with Crippen LogP contribution in [0, 0.1) is 5.92 Å². The molecule has 112 valence electrons. The maximum absolute atomic E-state index is 12.7.